The molecule has 0 aliphatic heterocycles. The van der Waals surface area contributed by atoms with Crippen molar-refractivity contribution in [1.82, 2.24) is 5.32 Å². The Kier molecular flexibility index (Phi) is 5.22. The Morgan fingerprint density at radius 3 is 2.26 bits per heavy atom. The van der Waals surface area contributed by atoms with Gasteiger partial charge in [0.05, 0.1) is 7.11 Å². The Morgan fingerprint density at radius 2 is 1.68 bits per heavy atom. The molecule has 0 fully saturated rings. The maximum absolute atomic E-state index is 5.17. The quantitative estimate of drug-likeness (QED) is 0.802. The number of benzene rings is 2. The Labute approximate surface area is 128 Å². The number of hydrogen-bond donors (Lipinski definition) is 1. The first kappa shape index (κ1) is 14.3. The third kappa shape index (κ3) is 4.21. The molecule has 2 aromatic carbocycles. The van der Waals surface area contributed by atoms with Gasteiger partial charge in [-0.15, -0.1) is 0 Å². The lowest BCUT2D eigenvalue weighted by atomic mass is 10.1. The van der Waals surface area contributed by atoms with Crippen molar-refractivity contribution in [3.05, 3.63) is 63.2 Å². The zero-order valence-corrected chi connectivity index (χ0v) is 13.3. The zero-order chi connectivity index (χ0) is 13.7. The van der Waals surface area contributed by atoms with Gasteiger partial charge in [0.2, 0.25) is 0 Å². The molecule has 0 spiro atoms. The third-order valence-corrected chi connectivity index (χ3v) is 3.86. The highest BCUT2D eigenvalue weighted by atomic mass is 127. The molecule has 0 heterocycles. The molecule has 0 radical (unpaired) electrons. The highest BCUT2D eigenvalue weighted by molar-refractivity contribution is 14.1. The van der Waals surface area contributed by atoms with Crippen LogP contribution in [-0.4, -0.2) is 7.11 Å². The molecule has 0 aliphatic carbocycles. The molecule has 2 nitrogen and oxygen atoms in total. The fourth-order valence-corrected chi connectivity index (χ4v) is 2.24. The minimum absolute atomic E-state index is 0.324. The van der Waals surface area contributed by atoms with E-state index in [-0.39, 0.29) is 0 Å². The minimum atomic E-state index is 0.324. The Bertz CT molecular complexity index is 507. The second-order valence-corrected chi connectivity index (χ2v) is 5.75. The van der Waals surface area contributed by atoms with E-state index >= 15 is 0 Å². The van der Waals surface area contributed by atoms with E-state index in [0.29, 0.717) is 6.04 Å². The van der Waals surface area contributed by atoms with Crippen molar-refractivity contribution in [2.45, 2.75) is 19.5 Å². The number of hydrogen-bond acceptors (Lipinski definition) is 2. The van der Waals surface area contributed by atoms with Gasteiger partial charge in [-0.1, -0.05) is 24.3 Å². The highest BCUT2D eigenvalue weighted by Gasteiger charge is 2.04. The maximum atomic E-state index is 5.17. The Morgan fingerprint density at radius 1 is 1.05 bits per heavy atom. The Hall–Kier alpha value is -1.07. The van der Waals surface area contributed by atoms with Crippen LogP contribution in [0.15, 0.2) is 48.5 Å². The topological polar surface area (TPSA) is 21.3 Å². The Balaban J connectivity index is 1.93. The van der Waals surface area contributed by atoms with Gasteiger partial charge in [-0.2, -0.15) is 0 Å². The second-order valence-electron chi connectivity index (χ2n) is 4.50. The van der Waals surface area contributed by atoms with Crippen LogP contribution in [0.2, 0.25) is 0 Å². The highest BCUT2D eigenvalue weighted by Crippen LogP contribution is 2.17. The molecule has 1 atom stereocenters. The molecular formula is C16H18INO. The van der Waals surface area contributed by atoms with E-state index < -0.39 is 0 Å². The van der Waals surface area contributed by atoms with E-state index in [1.54, 1.807) is 7.11 Å². The van der Waals surface area contributed by atoms with Crippen LogP contribution in [0.4, 0.5) is 0 Å². The summed E-state index contributed by atoms with van der Waals surface area (Å²) in [7, 11) is 1.69. The first-order valence-corrected chi connectivity index (χ1v) is 7.38. The molecule has 0 bridgehead atoms. The molecule has 2 aromatic rings. The number of methoxy groups -OCH3 is 1. The van der Waals surface area contributed by atoms with Crippen molar-refractivity contribution in [1.29, 1.82) is 0 Å². The molecule has 0 aliphatic rings. The number of nitrogens with one attached hydrogen (secondary N) is 1. The number of rotatable bonds is 5. The smallest absolute Gasteiger partial charge is 0.118 e. The van der Waals surface area contributed by atoms with Crippen LogP contribution in [0.25, 0.3) is 0 Å². The zero-order valence-electron chi connectivity index (χ0n) is 11.2. The molecule has 0 saturated carbocycles. The monoisotopic (exact) mass is 367 g/mol. The fourth-order valence-electron chi connectivity index (χ4n) is 1.88. The largest absolute Gasteiger partial charge is 0.497 e. The first-order chi connectivity index (χ1) is 9.19. The summed E-state index contributed by atoms with van der Waals surface area (Å²) in [6.07, 6.45) is 0. The van der Waals surface area contributed by atoms with Crippen LogP contribution < -0.4 is 10.1 Å². The van der Waals surface area contributed by atoms with E-state index in [2.05, 4.69) is 71.2 Å². The van der Waals surface area contributed by atoms with Gasteiger partial charge in [0.1, 0.15) is 5.75 Å². The molecule has 3 heteroatoms. The third-order valence-electron chi connectivity index (χ3n) is 3.14. The van der Waals surface area contributed by atoms with Crippen LogP contribution in [0.3, 0.4) is 0 Å². The summed E-state index contributed by atoms with van der Waals surface area (Å²) in [5, 5.41) is 3.53. The van der Waals surface area contributed by atoms with Gasteiger partial charge < -0.3 is 10.1 Å². The van der Waals surface area contributed by atoms with Crippen molar-refractivity contribution in [3.8, 4) is 5.75 Å². The summed E-state index contributed by atoms with van der Waals surface area (Å²) in [5.41, 5.74) is 2.58. The second kappa shape index (κ2) is 6.91. The molecule has 0 amide bonds. The molecule has 0 saturated heterocycles. The SMILES string of the molecule is COc1ccc(C(C)NCc2ccc(I)cc2)cc1. The molecule has 2 rings (SSSR count). The van der Waals surface area contributed by atoms with E-state index in [4.69, 9.17) is 4.74 Å². The van der Waals surface area contributed by atoms with E-state index in [1.807, 2.05) is 12.1 Å². The van der Waals surface area contributed by atoms with E-state index in [1.165, 1.54) is 14.7 Å². The van der Waals surface area contributed by atoms with Gasteiger partial charge in [0.15, 0.2) is 0 Å². The van der Waals surface area contributed by atoms with Gasteiger partial charge in [-0.3, -0.25) is 0 Å². The van der Waals surface area contributed by atoms with Crippen LogP contribution in [0.5, 0.6) is 5.75 Å². The van der Waals surface area contributed by atoms with Crippen LogP contribution in [-0.2, 0) is 6.54 Å². The van der Waals surface area contributed by atoms with Gasteiger partial charge in [0, 0.05) is 16.2 Å². The summed E-state index contributed by atoms with van der Waals surface area (Å²) in [6, 6.07) is 17.1. The molecule has 1 N–H and O–H groups in total. The fraction of sp³-hybridized carbons (Fsp3) is 0.250. The molecule has 1 unspecified atom stereocenters. The number of halogens is 1. The normalized spacial score (nSPS) is 12.2. The van der Waals surface area contributed by atoms with Crippen LogP contribution in [0, 0.1) is 3.57 Å². The molecule has 100 valence electrons. The van der Waals surface area contributed by atoms with E-state index in [9.17, 15) is 0 Å². The summed E-state index contributed by atoms with van der Waals surface area (Å²) < 4.78 is 6.44. The van der Waals surface area contributed by atoms with Crippen molar-refractivity contribution in [2.24, 2.45) is 0 Å². The maximum Gasteiger partial charge on any atom is 0.118 e. The van der Waals surface area contributed by atoms with Crippen LogP contribution >= 0.6 is 22.6 Å². The summed E-state index contributed by atoms with van der Waals surface area (Å²) in [5.74, 6) is 0.897. The first-order valence-electron chi connectivity index (χ1n) is 6.31. The lowest BCUT2D eigenvalue weighted by molar-refractivity contribution is 0.414. The average molecular weight is 367 g/mol. The van der Waals surface area contributed by atoms with Gasteiger partial charge >= 0.3 is 0 Å². The molecular weight excluding hydrogens is 349 g/mol. The number of ether oxygens (including phenoxy) is 1. The summed E-state index contributed by atoms with van der Waals surface area (Å²) in [4.78, 5) is 0. The van der Waals surface area contributed by atoms with Crippen molar-refractivity contribution in [2.75, 3.05) is 7.11 Å². The van der Waals surface area contributed by atoms with Gasteiger partial charge in [-0.25, -0.2) is 0 Å². The summed E-state index contributed by atoms with van der Waals surface area (Å²) in [6.45, 7) is 3.05. The lowest BCUT2D eigenvalue weighted by Gasteiger charge is -2.14. The predicted molar refractivity (Wildman–Crippen MR) is 87.4 cm³/mol. The minimum Gasteiger partial charge on any atom is -0.497 e. The van der Waals surface area contributed by atoms with E-state index in [0.717, 1.165) is 12.3 Å². The average Bonchev–Trinajstić information content (AvgIpc) is 2.46. The van der Waals surface area contributed by atoms with Crippen LogP contribution in [0.1, 0.15) is 24.1 Å². The standard InChI is InChI=1S/C16H18INO/c1-12(14-5-9-16(19-2)10-6-14)18-11-13-3-7-15(17)8-4-13/h3-10,12,18H,11H2,1-2H3. The molecule has 0 aromatic heterocycles. The molecule has 19 heavy (non-hydrogen) atoms. The summed E-state index contributed by atoms with van der Waals surface area (Å²) >= 11 is 2.32. The van der Waals surface area contributed by atoms with Crippen molar-refractivity contribution >= 4 is 22.6 Å². The van der Waals surface area contributed by atoms with Gasteiger partial charge in [-0.05, 0) is 64.9 Å². The lowest BCUT2D eigenvalue weighted by Crippen LogP contribution is -2.17. The predicted octanol–water partition coefficient (Wildman–Crippen LogP) is 4.15. The van der Waals surface area contributed by atoms with Gasteiger partial charge in [0.25, 0.3) is 0 Å². The van der Waals surface area contributed by atoms with Crippen molar-refractivity contribution in [3.63, 3.8) is 0 Å². The van der Waals surface area contributed by atoms with Crippen molar-refractivity contribution < 1.29 is 4.74 Å².